The van der Waals surface area contributed by atoms with Crippen LogP contribution in [0.2, 0.25) is 0 Å². The lowest BCUT2D eigenvalue weighted by molar-refractivity contribution is 0.0526. The predicted molar refractivity (Wildman–Crippen MR) is 96.1 cm³/mol. The molecule has 4 nitrogen and oxygen atoms in total. The number of carbonyl (C=O) groups excluding carboxylic acids is 1. The summed E-state index contributed by atoms with van der Waals surface area (Å²) in [7, 11) is 0. The van der Waals surface area contributed by atoms with Crippen LogP contribution in [0.25, 0.3) is 22.4 Å². The van der Waals surface area contributed by atoms with Gasteiger partial charge in [-0.3, -0.25) is 0 Å². The minimum absolute atomic E-state index is 0.307. The molecule has 0 saturated heterocycles. The minimum Gasteiger partial charge on any atom is -0.462 e. The van der Waals surface area contributed by atoms with Gasteiger partial charge in [-0.25, -0.2) is 9.78 Å². The maximum atomic E-state index is 12.0. The molecule has 0 bridgehead atoms. The summed E-state index contributed by atoms with van der Waals surface area (Å²) in [6.07, 6.45) is 1.00. The average Bonchev–Trinajstić information content (AvgIpc) is 3.00. The predicted octanol–water partition coefficient (Wildman–Crippen LogP) is 4.85. The van der Waals surface area contributed by atoms with Crippen LogP contribution < -0.4 is 0 Å². The maximum Gasteiger partial charge on any atom is 0.338 e. The summed E-state index contributed by atoms with van der Waals surface area (Å²) >= 11 is 0. The van der Waals surface area contributed by atoms with Gasteiger partial charge in [-0.1, -0.05) is 37.3 Å². The topological polar surface area (TPSA) is 44.1 Å². The highest BCUT2D eigenvalue weighted by molar-refractivity contribution is 5.94. The fraction of sp³-hybridized carbons (Fsp3) is 0.300. The van der Waals surface area contributed by atoms with Gasteiger partial charge in [-0.2, -0.15) is 0 Å². The lowest BCUT2D eigenvalue weighted by atomic mass is 10.1. The number of benzene rings is 2. The highest BCUT2D eigenvalue weighted by atomic mass is 16.5. The number of ether oxygens (including phenoxy) is 1. The molecule has 0 amide bonds. The molecule has 3 rings (SSSR count). The molecule has 0 aliphatic heterocycles. The molecule has 4 heteroatoms. The number of hydrogen-bond acceptors (Lipinski definition) is 3. The maximum absolute atomic E-state index is 12.0. The zero-order valence-corrected chi connectivity index (χ0v) is 14.3. The van der Waals surface area contributed by atoms with Crippen LogP contribution in [0.1, 0.15) is 43.6 Å². The molecule has 2 aromatic carbocycles. The number of esters is 1. The third-order valence-electron chi connectivity index (χ3n) is 4.26. The molecule has 1 atom stereocenters. The van der Waals surface area contributed by atoms with E-state index in [0.29, 0.717) is 18.2 Å². The largest absolute Gasteiger partial charge is 0.462 e. The van der Waals surface area contributed by atoms with Crippen LogP contribution in [0, 0.1) is 0 Å². The molecule has 0 N–H and O–H groups in total. The standard InChI is InChI=1S/C20H22N2O2/c1-4-14(3)22-18-12-11-16(20(23)24-5-2)13-17(18)21-19(22)15-9-7-6-8-10-15/h6-14H,4-5H2,1-3H3/t14-/m1/s1. The van der Waals surface area contributed by atoms with Gasteiger partial charge >= 0.3 is 5.97 Å². The molecule has 0 aliphatic rings. The molecule has 124 valence electrons. The Labute approximate surface area is 142 Å². The SMILES string of the molecule is CCOC(=O)c1ccc2c(c1)nc(-c1ccccc1)n2[C@H](C)CC. The Kier molecular flexibility index (Phi) is 4.65. The molecule has 0 spiro atoms. The number of aromatic nitrogens is 2. The molecule has 0 fully saturated rings. The van der Waals surface area contributed by atoms with Crippen molar-refractivity contribution < 1.29 is 9.53 Å². The van der Waals surface area contributed by atoms with Gasteiger partial charge in [0.05, 0.1) is 23.2 Å². The van der Waals surface area contributed by atoms with E-state index in [0.717, 1.165) is 28.8 Å². The second kappa shape index (κ2) is 6.87. The summed E-state index contributed by atoms with van der Waals surface area (Å²) in [6.45, 7) is 6.53. The van der Waals surface area contributed by atoms with Crippen molar-refractivity contribution in [1.82, 2.24) is 9.55 Å². The van der Waals surface area contributed by atoms with Crippen molar-refractivity contribution in [3.63, 3.8) is 0 Å². The van der Waals surface area contributed by atoms with Gasteiger partial charge in [0.1, 0.15) is 5.82 Å². The Morgan fingerprint density at radius 1 is 1.17 bits per heavy atom. The molecule has 0 saturated carbocycles. The number of fused-ring (bicyclic) bond motifs is 1. The summed E-state index contributed by atoms with van der Waals surface area (Å²) in [4.78, 5) is 16.8. The monoisotopic (exact) mass is 322 g/mol. The number of nitrogens with zero attached hydrogens (tertiary/aromatic N) is 2. The van der Waals surface area contributed by atoms with E-state index >= 15 is 0 Å². The van der Waals surface area contributed by atoms with Crippen molar-refractivity contribution in [3.8, 4) is 11.4 Å². The fourth-order valence-corrected chi connectivity index (χ4v) is 2.86. The van der Waals surface area contributed by atoms with Gasteiger partial charge < -0.3 is 9.30 Å². The van der Waals surface area contributed by atoms with E-state index in [1.165, 1.54) is 0 Å². The number of imidazole rings is 1. The van der Waals surface area contributed by atoms with Crippen LogP contribution in [0.3, 0.4) is 0 Å². The summed E-state index contributed by atoms with van der Waals surface area (Å²) in [5, 5.41) is 0. The zero-order chi connectivity index (χ0) is 17.1. The van der Waals surface area contributed by atoms with Crippen LogP contribution in [-0.4, -0.2) is 22.1 Å². The molecule has 24 heavy (non-hydrogen) atoms. The average molecular weight is 322 g/mol. The summed E-state index contributed by atoms with van der Waals surface area (Å²) < 4.78 is 7.34. The zero-order valence-electron chi connectivity index (χ0n) is 14.3. The van der Waals surface area contributed by atoms with E-state index in [1.807, 2.05) is 43.3 Å². The molecule has 0 aliphatic carbocycles. The van der Waals surface area contributed by atoms with Crippen LogP contribution in [0.4, 0.5) is 0 Å². The first-order valence-corrected chi connectivity index (χ1v) is 8.40. The van der Waals surface area contributed by atoms with E-state index in [-0.39, 0.29) is 5.97 Å². The first-order valence-electron chi connectivity index (χ1n) is 8.40. The highest BCUT2D eigenvalue weighted by Gasteiger charge is 2.18. The minimum atomic E-state index is -0.307. The Bertz CT molecular complexity index is 853. The lowest BCUT2D eigenvalue weighted by Gasteiger charge is -2.16. The van der Waals surface area contributed by atoms with Crippen LogP contribution >= 0.6 is 0 Å². The summed E-state index contributed by atoms with van der Waals surface area (Å²) in [6, 6.07) is 16.1. The van der Waals surface area contributed by atoms with E-state index in [2.05, 4.69) is 30.5 Å². The summed E-state index contributed by atoms with van der Waals surface area (Å²) in [5.74, 6) is 0.625. The van der Waals surface area contributed by atoms with Crippen molar-refractivity contribution in [1.29, 1.82) is 0 Å². The van der Waals surface area contributed by atoms with Crippen molar-refractivity contribution in [2.45, 2.75) is 33.2 Å². The molecule has 1 heterocycles. The third kappa shape index (κ3) is 2.92. The van der Waals surface area contributed by atoms with Crippen LogP contribution in [-0.2, 0) is 4.74 Å². The quantitative estimate of drug-likeness (QED) is 0.631. The molecule has 1 aromatic heterocycles. The smallest absolute Gasteiger partial charge is 0.338 e. The van der Waals surface area contributed by atoms with Crippen LogP contribution in [0.15, 0.2) is 48.5 Å². The van der Waals surface area contributed by atoms with E-state index in [1.54, 1.807) is 0 Å². The fourth-order valence-electron chi connectivity index (χ4n) is 2.86. The van der Waals surface area contributed by atoms with E-state index in [9.17, 15) is 4.79 Å². The molecule has 0 unspecified atom stereocenters. The molecular formula is C20H22N2O2. The van der Waals surface area contributed by atoms with Crippen molar-refractivity contribution in [2.24, 2.45) is 0 Å². The second-order valence-electron chi connectivity index (χ2n) is 5.85. The highest BCUT2D eigenvalue weighted by Crippen LogP contribution is 2.30. The van der Waals surface area contributed by atoms with Crippen molar-refractivity contribution in [2.75, 3.05) is 6.61 Å². The molecule has 0 radical (unpaired) electrons. The first kappa shape index (κ1) is 16.2. The van der Waals surface area contributed by atoms with Crippen molar-refractivity contribution in [3.05, 3.63) is 54.1 Å². The van der Waals surface area contributed by atoms with Gasteiger partial charge in [-0.15, -0.1) is 0 Å². The first-order chi connectivity index (χ1) is 11.7. The Morgan fingerprint density at radius 2 is 1.92 bits per heavy atom. The van der Waals surface area contributed by atoms with Gasteiger partial charge in [0.2, 0.25) is 0 Å². The van der Waals surface area contributed by atoms with E-state index in [4.69, 9.17) is 9.72 Å². The number of carbonyl (C=O) groups is 1. The van der Waals surface area contributed by atoms with Gasteiger partial charge in [0.15, 0.2) is 0 Å². The second-order valence-corrected chi connectivity index (χ2v) is 5.85. The third-order valence-corrected chi connectivity index (χ3v) is 4.26. The Balaban J connectivity index is 2.18. The van der Waals surface area contributed by atoms with E-state index < -0.39 is 0 Å². The van der Waals surface area contributed by atoms with Gasteiger partial charge in [-0.05, 0) is 38.5 Å². The van der Waals surface area contributed by atoms with Gasteiger partial charge in [0.25, 0.3) is 0 Å². The molecule has 3 aromatic rings. The van der Waals surface area contributed by atoms with Crippen LogP contribution in [0.5, 0.6) is 0 Å². The number of rotatable bonds is 5. The Hall–Kier alpha value is -2.62. The molecular weight excluding hydrogens is 300 g/mol. The summed E-state index contributed by atoms with van der Waals surface area (Å²) in [5.41, 5.74) is 3.47. The number of hydrogen-bond donors (Lipinski definition) is 0. The van der Waals surface area contributed by atoms with Gasteiger partial charge in [0, 0.05) is 11.6 Å². The van der Waals surface area contributed by atoms with Crippen molar-refractivity contribution >= 4 is 17.0 Å². The normalized spacial score (nSPS) is 12.3. The lowest BCUT2D eigenvalue weighted by Crippen LogP contribution is -2.06. The Morgan fingerprint density at radius 3 is 2.58 bits per heavy atom.